The number of rotatable bonds is 4. The Morgan fingerprint density at radius 3 is 2.15 bits per heavy atom. The molecule has 0 spiro atoms. The number of amides is 1. The Balaban J connectivity index is 1.37. The van der Waals surface area contributed by atoms with Gasteiger partial charge in [0, 0.05) is 5.54 Å². The summed E-state index contributed by atoms with van der Waals surface area (Å²) >= 11 is 0. The highest BCUT2D eigenvalue weighted by atomic mass is 19.4. The fraction of sp³-hybridized carbons (Fsp3) is 0.600. The van der Waals surface area contributed by atoms with E-state index in [0.717, 1.165) is 31.4 Å². The van der Waals surface area contributed by atoms with Gasteiger partial charge in [0.2, 0.25) is 0 Å². The van der Waals surface area contributed by atoms with Crippen molar-refractivity contribution in [1.29, 1.82) is 0 Å². The van der Waals surface area contributed by atoms with Crippen LogP contribution in [0, 0.1) is 17.8 Å². The number of ether oxygens (including phenoxy) is 1. The molecular weight excluding hydrogens is 359 g/mol. The number of carbonyl (C=O) groups excluding carboxylic acids is 2. The van der Waals surface area contributed by atoms with Gasteiger partial charge in [0.05, 0.1) is 11.1 Å². The summed E-state index contributed by atoms with van der Waals surface area (Å²) < 4.78 is 43.9. The number of hydrogen-bond acceptors (Lipinski definition) is 3. The third kappa shape index (κ3) is 3.69. The van der Waals surface area contributed by atoms with Crippen molar-refractivity contribution in [2.75, 3.05) is 6.61 Å². The van der Waals surface area contributed by atoms with Gasteiger partial charge in [-0.05, 0) is 68.4 Å². The highest BCUT2D eigenvalue weighted by Crippen LogP contribution is 2.55. The van der Waals surface area contributed by atoms with E-state index in [1.165, 1.54) is 31.4 Å². The fourth-order valence-electron chi connectivity index (χ4n) is 5.71. The Hall–Kier alpha value is -2.05. The van der Waals surface area contributed by atoms with Gasteiger partial charge in [0.25, 0.3) is 5.91 Å². The first-order valence-electron chi connectivity index (χ1n) is 9.38. The van der Waals surface area contributed by atoms with Gasteiger partial charge in [-0.1, -0.05) is 12.1 Å². The molecule has 4 saturated carbocycles. The van der Waals surface area contributed by atoms with Crippen LogP contribution < -0.4 is 5.32 Å². The molecule has 1 amide bonds. The molecule has 4 fully saturated rings. The van der Waals surface area contributed by atoms with Gasteiger partial charge < -0.3 is 10.1 Å². The smallest absolute Gasteiger partial charge is 0.417 e. The molecule has 4 aliphatic carbocycles. The minimum atomic E-state index is -4.66. The second kappa shape index (κ2) is 6.53. The summed E-state index contributed by atoms with van der Waals surface area (Å²) in [5.74, 6) is 0.381. The Morgan fingerprint density at radius 2 is 1.59 bits per heavy atom. The molecule has 1 aromatic carbocycles. The number of hydrogen-bond donors (Lipinski definition) is 1. The molecule has 0 radical (unpaired) electrons. The SMILES string of the molecule is O=C(COC(=O)c1ccccc1C(F)(F)F)NC12CC3CC(CC(C3)C1)C2. The van der Waals surface area contributed by atoms with Gasteiger partial charge >= 0.3 is 12.1 Å². The molecule has 0 heterocycles. The highest BCUT2D eigenvalue weighted by Gasteiger charge is 2.51. The van der Waals surface area contributed by atoms with Crippen molar-refractivity contribution in [1.82, 2.24) is 5.32 Å². The van der Waals surface area contributed by atoms with E-state index in [2.05, 4.69) is 5.32 Å². The molecular formula is C20H22F3NO3. The zero-order valence-corrected chi connectivity index (χ0v) is 14.8. The van der Waals surface area contributed by atoms with E-state index in [1.54, 1.807) is 0 Å². The Morgan fingerprint density at radius 1 is 1.04 bits per heavy atom. The Bertz CT molecular complexity index is 724. The van der Waals surface area contributed by atoms with Crippen molar-refractivity contribution in [3.8, 4) is 0 Å². The third-order valence-corrected chi connectivity index (χ3v) is 6.23. The van der Waals surface area contributed by atoms with Crippen molar-refractivity contribution in [3.05, 3.63) is 35.4 Å². The summed E-state index contributed by atoms with van der Waals surface area (Å²) in [5.41, 5.74) is -1.86. The van der Waals surface area contributed by atoms with Crippen LogP contribution in [-0.2, 0) is 15.7 Å². The summed E-state index contributed by atoms with van der Waals surface area (Å²) in [4.78, 5) is 24.4. The van der Waals surface area contributed by atoms with E-state index >= 15 is 0 Å². The number of nitrogens with one attached hydrogen (secondary N) is 1. The number of alkyl halides is 3. The summed E-state index contributed by atoms with van der Waals surface area (Å²) in [6, 6.07) is 4.43. The average Bonchev–Trinajstić information content (AvgIpc) is 2.57. The molecule has 4 bridgehead atoms. The summed E-state index contributed by atoms with van der Waals surface area (Å²) in [6.45, 7) is -0.563. The van der Waals surface area contributed by atoms with Crippen LogP contribution in [0.25, 0.3) is 0 Å². The first-order chi connectivity index (χ1) is 12.7. The standard InChI is InChI=1S/C20H22F3NO3/c21-20(22,23)16-4-2-1-3-15(16)18(26)27-11-17(25)24-19-8-12-5-13(9-19)7-14(6-12)10-19/h1-4,12-14H,5-11H2,(H,24,25). The van der Waals surface area contributed by atoms with E-state index < -0.39 is 35.8 Å². The van der Waals surface area contributed by atoms with Crippen LogP contribution in [0.2, 0.25) is 0 Å². The monoisotopic (exact) mass is 381 g/mol. The van der Waals surface area contributed by atoms with Crippen LogP contribution >= 0.6 is 0 Å². The predicted molar refractivity (Wildman–Crippen MR) is 90.8 cm³/mol. The molecule has 27 heavy (non-hydrogen) atoms. The minimum Gasteiger partial charge on any atom is -0.452 e. The molecule has 1 N–H and O–H groups in total. The van der Waals surface area contributed by atoms with Gasteiger partial charge in [-0.2, -0.15) is 13.2 Å². The zero-order chi connectivity index (χ0) is 19.2. The second-order valence-corrected chi connectivity index (χ2v) is 8.37. The molecule has 0 unspecified atom stereocenters. The topological polar surface area (TPSA) is 55.4 Å². The van der Waals surface area contributed by atoms with Crippen LogP contribution in [0.5, 0.6) is 0 Å². The normalized spacial score (nSPS) is 31.6. The summed E-state index contributed by atoms with van der Waals surface area (Å²) in [7, 11) is 0. The maximum Gasteiger partial charge on any atom is 0.417 e. The maximum atomic E-state index is 13.0. The third-order valence-electron chi connectivity index (χ3n) is 6.23. The van der Waals surface area contributed by atoms with Crippen molar-refractivity contribution in [2.45, 2.75) is 50.2 Å². The lowest BCUT2D eigenvalue weighted by atomic mass is 9.53. The Kier molecular flexibility index (Phi) is 4.43. The molecule has 0 aromatic heterocycles. The van der Waals surface area contributed by atoms with Crippen LogP contribution in [0.4, 0.5) is 13.2 Å². The molecule has 1 aromatic rings. The first kappa shape index (κ1) is 18.3. The molecule has 0 saturated heterocycles. The minimum absolute atomic E-state index is 0.220. The van der Waals surface area contributed by atoms with Crippen LogP contribution in [0.15, 0.2) is 24.3 Å². The largest absolute Gasteiger partial charge is 0.452 e. The molecule has 7 heteroatoms. The maximum absolute atomic E-state index is 13.0. The van der Waals surface area contributed by atoms with E-state index in [1.807, 2.05) is 0 Å². The zero-order valence-electron chi connectivity index (χ0n) is 14.8. The molecule has 4 nitrogen and oxygen atoms in total. The first-order valence-corrected chi connectivity index (χ1v) is 9.38. The molecule has 4 aliphatic rings. The number of esters is 1. The van der Waals surface area contributed by atoms with Crippen molar-refractivity contribution in [2.24, 2.45) is 17.8 Å². The Labute approximate surface area is 155 Å². The van der Waals surface area contributed by atoms with Gasteiger partial charge in [-0.15, -0.1) is 0 Å². The van der Waals surface area contributed by atoms with E-state index in [9.17, 15) is 22.8 Å². The molecule has 0 aliphatic heterocycles. The van der Waals surface area contributed by atoms with Crippen LogP contribution in [0.1, 0.15) is 54.4 Å². The number of carbonyl (C=O) groups is 2. The van der Waals surface area contributed by atoms with Crippen molar-refractivity contribution in [3.63, 3.8) is 0 Å². The van der Waals surface area contributed by atoms with Gasteiger partial charge in [-0.3, -0.25) is 4.79 Å². The number of halogens is 3. The lowest BCUT2D eigenvalue weighted by molar-refractivity contribution is -0.138. The lowest BCUT2D eigenvalue weighted by Gasteiger charge is -2.56. The van der Waals surface area contributed by atoms with Crippen molar-refractivity contribution < 1.29 is 27.5 Å². The van der Waals surface area contributed by atoms with Gasteiger partial charge in [0.15, 0.2) is 6.61 Å². The molecule has 146 valence electrons. The number of benzene rings is 1. The summed E-state index contributed by atoms with van der Waals surface area (Å²) in [5, 5.41) is 3.04. The van der Waals surface area contributed by atoms with E-state index in [0.29, 0.717) is 17.8 Å². The molecule has 5 rings (SSSR count). The van der Waals surface area contributed by atoms with E-state index in [-0.39, 0.29) is 5.54 Å². The van der Waals surface area contributed by atoms with E-state index in [4.69, 9.17) is 4.74 Å². The lowest BCUT2D eigenvalue weighted by Crippen LogP contribution is -2.60. The summed E-state index contributed by atoms with van der Waals surface area (Å²) in [6.07, 6.45) is 1.91. The quantitative estimate of drug-likeness (QED) is 0.804. The van der Waals surface area contributed by atoms with Gasteiger partial charge in [0.1, 0.15) is 0 Å². The molecule has 0 atom stereocenters. The second-order valence-electron chi connectivity index (χ2n) is 8.37. The predicted octanol–water partition coefficient (Wildman–Crippen LogP) is 3.95. The fourth-order valence-corrected chi connectivity index (χ4v) is 5.71. The van der Waals surface area contributed by atoms with Crippen LogP contribution in [0.3, 0.4) is 0 Å². The van der Waals surface area contributed by atoms with Crippen molar-refractivity contribution >= 4 is 11.9 Å². The highest BCUT2D eigenvalue weighted by molar-refractivity contribution is 5.93. The average molecular weight is 381 g/mol. The van der Waals surface area contributed by atoms with Crippen LogP contribution in [-0.4, -0.2) is 24.0 Å². The van der Waals surface area contributed by atoms with Gasteiger partial charge in [-0.25, -0.2) is 4.79 Å².